The van der Waals surface area contributed by atoms with Crippen LogP contribution in [0.3, 0.4) is 0 Å². The van der Waals surface area contributed by atoms with Crippen LogP contribution in [0.15, 0.2) is 29.2 Å². The van der Waals surface area contributed by atoms with Gasteiger partial charge in [0.15, 0.2) is 0 Å². The number of nitrogens with one attached hydrogen (secondary N) is 1. The van der Waals surface area contributed by atoms with E-state index in [1.165, 1.54) is 0 Å². The first kappa shape index (κ1) is 14.5. The highest BCUT2D eigenvalue weighted by Gasteiger charge is 2.14. The Kier molecular flexibility index (Phi) is 5.43. The van der Waals surface area contributed by atoms with Gasteiger partial charge in [-0.1, -0.05) is 24.6 Å². The number of hydrogen-bond donors (Lipinski definition) is 1. The topological polar surface area (TPSA) is 46.2 Å². The minimum absolute atomic E-state index is 0.243. The van der Waals surface area contributed by atoms with Gasteiger partial charge in [0.1, 0.15) is 0 Å². The number of aryl methyl sites for hydroxylation is 1. The lowest BCUT2D eigenvalue weighted by Gasteiger charge is -2.11. The van der Waals surface area contributed by atoms with Gasteiger partial charge >= 0.3 is 0 Å². The van der Waals surface area contributed by atoms with Gasteiger partial charge in [-0.3, -0.25) is 0 Å². The third-order valence-electron chi connectivity index (χ3n) is 2.56. The second kappa shape index (κ2) is 6.38. The van der Waals surface area contributed by atoms with Gasteiger partial charge in [-0.25, -0.2) is 13.1 Å². The first-order valence-electron chi connectivity index (χ1n) is 5.58. The summed E-state index contributed by atoms with van der Waals surface area (Å²) < 4.78 is 26.4. The van der Waals surface area contributed by atoms with E-state index in [0.29, 0.717) is 17.3 Å². The van der Waals surface area contributed by atoms with Crippen LogP contribution in [0.1, 0.15) is 18.9 Å². The number of benzene rings is 1. The van der Waals surface area contributed by atoms with Crippen LogP contribution in [0, 0.1) is 12.8 Å². The molecule has 17 heavy (non-hydrogen) atoms. The summed E-state index contributed by atoms with van der Waals surface area (Å²) in [5.74, 6) is 0.792. The highest BCUT2D eigenvalue weighted by Crippen LogP contribution is 2.11. The zero-order valence-electron chi connectivity index (χ0n) is 10.1. The third kappa shape index (κ3) is 4.66. The summed E-state index contributed by atoms with van der Waals surface area (Å²) >= 11 is 5.60. The van der Waals surface area contributed by atoms with Gasteiger partial charge in [0.2, 0.25) is 10.0 Å². The largest absolute Gasteiger partial charge is 0.240 e. The molecule has 0 aromatic heterocycles. The second-order valence-corrected chi connectivity index (χ2v) is 6.39. The Morgan fingerprint density at radius 3 is 2.41 bits per heavy atom. The van der Waals surface area contributed by atoms with E-state index in [0.717, 1.165) is 12.0 Å². The van der Waals surface area contributed by atoms with E-state index in [-0.39, 0.29) is 5.92 Å². The number of alkyl halides is 1. The monoisotopic (exact) mass is 275 g/mol. The Hall–Kier alpha value is -0.580. The molecule has 1 rings (SSSR count). The number of hydrogen-bond acceptors (Lipinski definition) is 2. The summed E-state index contributed by atoms with van der Waals surface area (Å²) in [6.45, 7) is 4.31. The van der Waals surface area contributed by atoms with E-state index < -0.39 is 10.0 Å². The lowest BCUT2D eigenvalue weighted by atomic mass is 10.1. The van der Waals surface area contributed by atoms with Crippen molar-refractivity contribution in [2.75, 3.05) is 12.4 Å². The maximum Gasteiger partial charge on any atom is 0.240 e. The van der Waals surface area contributed by atoms with Crippen molar-refractivity contribution < 1.29 is 8.42 Å². The smallest absolute Gasteiger partial charge is 0.211 e. The Bertz CT molecular complexity index is 442. The molecule has 0 spiro atoms. The van der Waals surface area contributed by atoms with E-state index in [4.69, 9.17) is 11.6 Å². The maximum absolute atomic E-state index is 11.9. The average Bonchev–Trinajstić information content (AvgIpc) is 2.28. The molecule has 0 amide bonds. The predicted octanol–water partition coefficient (Wildman–Crippen LogP) is 2.54. The quantitative estimate of drug-likeness (QED) is 0.811. The molecule has 1 aromatic carbocycles. The van der Waals surface area contributed by atoms with Gasteiger partial charge in [-0.15, -0.1) is 11.6 Å². The summed E-state index contributed by atoms with van der Waals surface area (Å²) in [6.07, 6.45) is 0.804. The summed E-state index contributed by atoms with van der Waals surface area (Å²) in [6, 6.07) is 6.81. The molecule has 0 saturated carbocycles. The van der Waals surface area contributed by atoms with Crippen molar-refractivity contribution in [2.24, 2.45) is 5.92 Å². The Labute approximate surface area is 108 Å². The number of sulfonamides is 1. The molecular weight excluding hydrogens is 258 g/mol. The molecule has 0 radical (unpaired) electrons. The van der Waals surface area contributed by atoms with Crippen molar-refractivity contribution >= 4 is 21.6 Å². The fraction of sp³-hybridized carbons (Fsp3) is 0.500. The Balaban J connectivity index is 2.66. The molecule has 0 bridgehead atoms. The van der Waals surface area contributed by atoms with E-state index >= 15 is 0 Å². The zero-order valence-corrected chi connectivity index (χ0v) is 11.7. The average molecular weight is 276 g/mol. The number of halogens is 1. The zero-order chi connectivity index (χ0) is 12.9. The lowest BCUT2D eigenvalue weighted by molar-refractivity contribution is 0.530. The standard InChI is InChI=1S/C12H18ClNO2S/c1-10-3-5-12(6-4-10)17(15,16)14-9-11(2)7-8-13/h3-6,11,14H,7-9H2,1-2H3. The van der Waals surface area contributed by atoms with E-state index in [1.54, 1.807) is 24.3 Å². The van der Waals surface area contributed by atoms with Crippen molar-refractivity contribution in [3.05, 3.63) is 29.8 Å². The van der Waals surface area contributed by atoms with Gasteiger partial charge < -0.3 is 0 Å². The van der Waals surface area contributed by atoms with Crippen LogP contribution in [-0.2, 0) is 10.0 Å². The van der Waals surface area contributed by atoms with Gasteiger partial charge in [0.25, 0.3) is 0 Å². The van der Waals surface area contributed by atoms with Crippen LogP contribution < -0.4 is 4.72 Å². The fourth-order valence-corrected chi connectivity index (χ4v) is 2.88. The molecule has 96 valence electrons. The van der Waals surface area contributed by atoms with E-state index in [2.05, 4.69) is 4.72 Å². The summed E-state index contributed by atoms with van der Waals surface area (Å²) in [4.78, 5) is 0.307. The highest BCUT2D eigenvalue weighted by molar-refractivity contribution is 7.89. The predicted molar refractivity (Wildman–Crippen MR) is 70.9 cm³/mol. The SMILES string of the molecule is Cc1ccc(S(=O)(=O)NCC(C)CCCl)cc1. The van der Waals surface area contributed by atoms with Gasteiger partial charge in [-0.05, 0) is 31.4 Å². The first-order chi connectivity index (χ1) is 7.95. The Morgan fingerprint density at radius 1 is 1.29 bits per heavy atom. The normalized spacial score (nSPS) is 13.6. The summed E-state index contributed by atoms with van der Waals surface area (Å²) in [5.41, 5.74) is 1.04. The van der Waals surface area contributed by atoms with Gasteiger partial charge in [0.05, 0.1) is 4.90 Å². The molecule has 1 atom stereocenters. The van der Waals surface area contributed by atoms with Crippen molar-refractivity contribution in [3.8, 4) is 0 Å². The molecule has 1 unspecified atom stereocenters. The van der Waals surface area contributed by atoms with Crippen molar-refractivity contribution in [2.45, 2.75) is 25.2 Å². The van der Waals surface area contributed by atoms with Crippen LogP contribution in [-0.4, -0.2) is 20.8 Å². The van der Waals surface area contributed by atoms with Crippen molar-refractivity contribution in [3.63, 3.8) is 0 Å². The summed E-state index contributed by atoms with van der Waals surface area (Å²) in [7, 11) is -3.38. The lowest BCUT2D eigenvalue weighted by Crippen LogP contribution is -2.28. The minimum Gasteiger partial charge on any atom is -0.211 e. The van der Waals surface area contributed by atoms with E-state index in [9.17, 15) is 8.42 Å². The Morgan fingerprint density at radius 2 is 1.88 bits per heavy atom. The molecule has 0 aliphatic heterocycles. The first-order valence-corrected chi connectivity index (χ1v) is 7.60. The molecule has 1 N–H and O–H groups in total. The molecule has 0 fully saturated rings. The molecule has 1 aromatic rings. The number of rotatable bonds is 6. The van der Waals surface area contributed by atoms with Gasteiger partial charge in [-0.2, -0.15) is 0 Å². The third-order valence-corrected chi connectivity index (χ3v) is 4.21. The van der Waals surface area contributed by atoms with Crippen LogP contribution in [0.4, 0.5) is 0 Å². The molecule has 5 heteroatoms. The minimum atomic E-state index is -3.38. The van der Waals surface area contributed by atoms with Crippen LogP contribution in [0.25, 0.3) is 0 Å². The van der Waals surface area contributed by atoms with Gasteiger partial charge in [0, 0.05) is 12.4 Å². The van der Waals surface area contributed by atoms with E-state index in [1.807, 2.05) is 13.8 Å². The second-order valence-electron chi connectivity index (χ2n) is 4.25. The molecule has 0 aliphatic carbocycles. The van der Waals surface area contributed by atoms with Crippen LogP contribution >= 0.6 is 11.6 Å². The highest BCUT2D eigenvalue weighted by atomic mass is 35.5. The molecular formula is C12H18ClNO2S. The molecule has 0 saturated heterocycles. The summed E-state index contributed by atoms with van der Waals surface area (Å²) in [5, 5.41) is 0. The van der Waals surface area contributed by atoms with Crippen molar-refractivity contribution in [1.82, 2.24) is 4.72 Å². The van der Waals surface area contributed by atoms with Crippen LogP contribution in [0.5, 0.6) is 0 Å². The van der Waals surface area contributed by atoms with Crippen molar-refractivity contribution in [1.29, 1.82) is 0 Å². The van der Waals surface area contributed by atoms with Crippen LogP contribution in [0.2, 0.25) is 0 Å². The molecule has 0 heterocycles. The molecule has 3 nitrogen and oxygen atoms in total. The fourth-order valence-electron chi connectivity index (χ4n) is 1.34. The molecule has 0 aliphatic rings. The maximum atomic E-state index is 11.9.